The predicted molar refractivity (Wildman–Crippen MR) is 114 cm³/mol. The number of aromatic nitrogens is 2. The number of aromatic amines is 1. The Morgan fingerprint density at radius 3 is 2.66 bits per heavy atom. The van der Waals surface area contributed by atoms with Gasteiger partial charge in [0.15, 0.2) is 5.78 Å². The summed E-state index contributed by atoms with van der Waals surface area (Å²) in [5.41, 5.74) is 5.19. The van der Waals surface area contributed by atoms with Crippen molar-refractivity contribution in [2.24, 2.45) is 5.92 Å². The molecule has 4 rings (SSSR count). The molecule has 1 aliphatic rings. The fraction of sp³-hybridized carbons (Fsp3) is 0.375. The molecule has 0 saturated heterocycles. The molecule has 3 aromatic rings. The maximum atomic E-state index is 12.6. The van der Waals surface area contributed by atoms with Gasteiger partial charge in [-0.15, -0.1) is 0 Å². The van der Waals surface area contributed by atoms with Crippen LogP contribution in [0.2, 0.25) is 0 Å². The van der Waals surface area contributed by atoms with Gasteiger partial charge in [0.05, 0.1) is 17.1 Å². The number of hydrogen-bond donors (Lipinski definition) is 2. The van der Waals surface area contributed by atoms with Gasteiger partial charge in [-0.2, -0.15) is 0 Å². The summed E-state index contributed by atoms with van der Waals surface area (Å²) in [6, 6.07) is 13.6. The summed E-state index contributed by atoms with van der Waals surface area (Å²) < 4.78 is 0. The molecule has 1 aromatic heterocycles. The topological polar surface area (TPSA) is 74.8 Å². The summed E-state index contributed by atoms with van der Waals surface area (Å²) in [5, 5.41) is 3.06. The van der Waals surface area contributed by atoms with Gasteiger partial charge in [-0.1, -0.05) is 38.1 Å². The van der Waals surface area contributed by atoms with E-state index in [1.165, 1.54) is 11.1 Å². The number of benzene rings is 2. The Kier molecular flexibility index (Phi) is 5.47. The quantitative estimate of drug-likeness (QED) is 0.583. The summed E-state index contributed by atoms with van der Waals surface area (Å²) in [6.07, 6.45) is 3.71. The maximum Gasteiger partial charge on any atom is 0.221 e. The minimum absolute atomic E-state index is 0.0275. The predicted octanol–water partition coefficient (Wildman–Crippen LogP) is 4.53. The first-order valence-electron chi connectivity index (χ1n) is 10.4. The average molecular weight is 389 g/mol. The molecule has 5 heteroatoms. The third kappa shape index (κ3) is 4.24. The van der Waals surface area contributed by atoms with Crippen LogP contribution in [-0.4, -0.2) is 21.7 Å². The first kappa shape index (κ1) is 19.4. The van der Waals surface area contributed by atoms with E-state index in [0.717, 1.165) is 41.7 Å². The molecule has 5 nitrogen and oxygen atoms in total. The summed E-state index contributed by atoms with van der Waals surface area (Å²) in [7, 11) is 0. The van der Waals surface area contributed by atoms with Gasteiger partial charge < -0.3 is 10.3 Å². The van der Waals surface area contributed by atoms with Crippen molar-refractivity contribution in [1.82, 2.24) is 15.3 Å². The van der Waals surface area contributed by atoms with Crippen molar-refractivity contribution in [2.45, 2.75) is 52.0 Å². The first-order valence-corrected chi connectivity index (χ1v) is 10.4. The second kappa shape index (κ2) is 8.19. The fourth-order valence-corrected chi connectivity index (χ4v) is 4.03. The van der Waals surface area contributed by atoms with Gasteiger partial charge in [0.2, 0.25) is 5.91 Å². The number of imidazole rings is 1. The van der Waals surface area contributed by atoms with Crippen LogP contribution in [0.5, 0.6) is 0 Å². The lowest BCUT2D eigenvalue weighted by Gasteiger charge is -2.20. The van der Waals surface area contributed by atoms with E-state index in [-0.39, 0.29) is 36.5 Å². The van der Waals surface area contributed by atoms with E-state index in [9.17, 15) is 9.59 Å². The number of carbonyl (C=O) groups is 2. The molecule has 0 saturated carbocycles. The Hall–Kier alpha value is -2.95. The summed E-state index contributed by atoms with van der Waals surface area (Å²) >= 11 is 0. The van der Waals surface area contributed by atoms with E-state index in [1.807, 2.05) is 50.2 Å². The van der Waals surface area contributed by atoms with E-state index < -0.39 is 0 Å². The third-order valence-electron chi connectivity index (χ3n) is 5.69. The van der Waals surface area contributed by atoms with Gasteiger partial charge >= 0.3 is 0 Å². The number of amides is 1. The van der Waals surface area contributed by atoms with Gasteiger partial charge in [0.25, 0.3) is 0 Å². The number of H-pyrrole nitrogens is 1. The molecule has 150 valence electrons. The number of nitrogens with zero attached hydrogens (tertiary/aromatic N) is 1. The van der Waals surface area contributed by atoms with Crippen molar-refractivity contribution in [3.63, 3.8) is 0 Å². The third-order valence-corrected chi connectivity index (χ3v) is 5.69. The highest BCUT2D eigenvalue weighted by Crippen LogP contribution is 2.24. The zero-order valence-corrected chi connectivity index (χ0v) is 17.0. The number of aryl methyl sites for hydroxylation is 2. The zero-order chi connectivity index (χ0) is 20.4. The number of Topliss-reactive ketones (excluding diaryl/α,β-unsaturated/α-hetero) is 1. The minimum atomic E-state index is -0.218. The molecule has 1 amide bonds. The number of rotatable bonds is 7. The second-order valence-electron chi connectivity index (χ2n) is 8.19. The first-order chi connectivity index (χ1) is 14.0. The molecular weight excluding hydrogens is 362 g/mol. The van der Waals surface area contributed by atoms with Gasteiger partial charge in [0.1, 0.15) is 5.82 Å². The van der Waals surface area contributed by atoms with Crippen LogP contribution in [0.4, 0.5) is 0 Å². The molecule has 2 N–H and O–H groups in total. The molecule has 1 atom stereocenters. The van der Waals surface area contributed by atoms with Crippen molar-refractivity contribution in [3.05, 3.63) is 65.0 Å². The van der Waals surface area contributed by atoms with E-state index in [4.69, 9.17) is 0 Å². The number of ketones is 1. The molecular formula is C24H27N3O2. The SMILES string of the molecule is CC(C)C(NC(=O)CCC(=O)c1ccc2c(c1)CCC2)c1nc2ccccc2[nH]1. The molecule has 0 radical (unpaired) electrons. The summed E-state index contributed by atoms with van der Waals surface area (Å²) in [6.45, 7) is 4.10. The highest BCUT2D eigenvalue weighted by Gasteiger charge is 2.22. The molecule has 29 heavy (non-hydrogen) atoms. The van der Waals surface area contributed by atoms with Crippen LogP contribution in [0.15, 0.2) is 42.5 Å². The van der Waals surface area contributed by atoms with Crippen molar-refractivity contribution in [1.29, 1.82) is 0 Å². The van der Waals surface area contributed by atoms with Crippen LogP contribution in [0.3, 0.4) is 0 Å². The lowest BCUT2D eigenvalue weighted by molar-refractivity contribution is -0.122. The second-order valence-corrected chi connectivity index (χ2v) is 8.19. The van der Waals surface area contributed by atoms with Gasteiger partial charge in [-0.25, -0.2) is 4.98 Å². The van der Waals surface area contributed by atoms with Crippen LogP contribution >= 0.6 is 0 Å². The molecule has 0 spiro atoms. The standard InChI is InChI=1S/C24H27N3O2/c1-15(2)23(24-25-19-8-3-4-9-20(19)26-24)27-22(29)13-12-21(28)18-11-10-16-6-5-7-17(16)14-18/h3-4,8-11,14-15,23H,5-7,12-13H2,1-2H3,(H,25,26)(H,27,29). The maximum absolute atomic E-state index is 12.6. The number of para-hydroxylation sites is 2. The van der Waals surface area contributed by atoms with Crippen LogP contribution in [0, 0.1) is 5.92 Å². The van der Waals surface area contributed by atoms with Crippen molar-refractivity contribution >= 4 is 22.7 Å². The average Bonchev–Trinajstić information content (AvgIpc) is 3.35. The van der Waals surface area contributed by atoms with Crippen LogP contribution in [0.1, 0.15) is 66.5 Å². The number of nitrogens with one attached hydrogen (secondary N) is 2. The van der Waals surface area contributed by atoms with Gasteiger partial charge in [-0.3, -0.25) is 9.59 Å². The van der Waals surface area contributed by atoms with E-state index in [1.54, 1.807) is 0 Å². The smallest absolute Gasteiger partial charge is 0.221 e. The van der Waals surface area contributed by atoms with Crippen molar-refractivity contribution in [2.75, 3.05) is 0 Å². The zero-order valence-electron chi connectivity index (χ0n) is 17.0. The van der Waals surface area contributed by atoms with E-state index >= 15 is 0 Å². The Labute approximate surface area is 170 Å². The largest absolute Gasteiger partial charge is 0.346 e. The monoisotopic (exact) mass is 389 g/mol. The van der Waals surface area contributed by atoms with Crippen molar-refractivity contribution in [3.8, 4) is 0 Å². The number of fused-ring (bicyclic) bond motifs is 2. The summed E-state index contributed by atoms with van der Waals surface area (Å²) in [4.78, 5) is 33.1. The summed E-state index contributed by atoms with van der Waals surface area (Å²) in [5.74, 6) is 0.824. The molecule has 1 heterocycles. The fourth-order valence-electron chi connectivity index (χ4n) is 4.03. The Balaban J connectivity index is 1.39. The van der Waals surface area contributed by atoms with Crippen LogP contribution < -0.4 is 5.32 Å². The van der Waals surface area contributed by atoms with Crippen LogP contribution in [0.25, 0.3) is 11.0 Å². The highest BCUT2D eigenvalue weighted by molar-refractivity contribution is 5.98. The van der Waals surface area contributed by atoms with Crippen LogP contribution in [-0.2, 0) is 17.6 Å². The molecule has 1 aliphatic carbocycles. The lowest BCUT2D eigenvalue weighted by Crippen LogP contribution is -2.32. The molecule has 0 fully saturated rings. The minimum Gasteiger partial charge on any atom is -0.346 e. The molecule has 0 bridgehead atoms. The number of carbonyl (C=O) groups excluding carboxylic acids is 2. The Morgan fingerprint density at radius 1 is 1.07 bits per heavy atom. The lowest BCUT2D eigenvalue weighted by atomic mass is 10.0. The van der Waals surface area contributed by atoms with Gasteiger partial charge in [-0.05, 0) is 54.5 Å². The molecule has 2 aromatic carbocycles. The molecule has 1 unspecified atom stereocenters. The number of hydrogen-bond acceptors (Lipinski definition) is 3. The van der Waals surface area contributed by atoms with Crippen molar-refractivity contribution < 1.29 is 9.59 Å². The Morgan fingerprint density at radius 2 is 1.86 bits per heavy atom. The highest BCUT2D eigenvalue weighted by atomic mass is 16.2. The van der Waals surface area contributed by atoms with E-state index in [0.29, 0.717) is 0 Å². The normalized spacial score (nSPS) is 14.2. The molecule has 0 aliphatic heterocycles. The van der Waals surface area contributed by atoms with Gasteiger partial charge in [0, 0.05) is 18.4 Å². The Bertz CT molecular complexity index is 1020. The van der Waals surface area contributed by atoms with E-state index in [2.05, 4.69) is 21.4 Å².